The Morgan fingerprint density at radius 3 is 2.55 bits per heavy atom. The molecule has 1 saturated heterocycles. The van der Waals surface area contributed by atoms with Crippen molar-refractivity contribution in [3.8, 4) is 0 Å². The third kappa shape index (κ3) is 4.04. The number of carbonyl (C=O) groups excluding carboxylic acids is 2. The van der Waals surface area contributed by atoms with E-state index in [4.69, 9.17) is 0 Å². The van der Waals surface area contributed by atoms with Crippen molar-refractivity contribution in [3.63, 3.8) is 0 Å². The lowest BCUT2D eigenvalue weighted by atomic mass is 10.2. The maximum absolute atomic E-state index is 13.1. The fourth-order valence-corrected chi connectivity index (χ4v) is 2.56. The monoisotopic (exact) mass is 307 g/mol. The highest BCUT2D eigenvalue weighted by molar-refractivity contribution is 5.94. The standard InChI is InChI=1S/C16H22FN3O2/c1-3-15(21)20-9-7-19(8-10-20)12(2)16(22)18-14-6-4-5-13(17)11-14/h4-6,11-12H,3,7-10H2,1-2H3,(H,18,22). The van der Waals surface area contributed by atoms with Crippen LogP contribution < -0.4 is 5.32 Å². The molecule has 2 rings (SSSR count). The highest BCUT2D eigenvalue weighted by Crippen LogP contribution is 2.12. The van der Waals surface area contributed by atoms with Gasteiger partial charge in [0.1, 0.15) is 5.82 Å². The van der Waals surface area contributed by atoms with E-state index >= 15 is 0 Å². The Hall–Kier alpha value is -1.95. The lowest BCUT2D eigenvalue weighted by molar-refractivity contribution is -0.133. The molecule has 6 heteroatoms. The summed E-state index contributed by atoms with van der Waals surface area (Å²) in [7, 11) is 0. The smallest absolute Gasteiger partial charge is 0.241 e. The second-order valence-electron chi connectivity index (χ2n) is 5.45. The van der Waals surface area contributed by atoms with Crippen molar-refractivity contribution in [1.29, 1.82) is 0 Å². The number of amides is 2. The molecule has 1 aromatic rings. The average Bonchev–Trinajstić information content (AvgIpc) is 2.53. The maximum Gasteiger partial charge on any atom is 0.241 e. The van der Waals surface area contributed by atoms with Gasteiger partial charge in [0.05, 0.1) is 6.04 Å². The summed E-state index contributed by atoms with van der Waals surface area (Å²) in [5.74, 6) is -0.394. The second kappa shape index (κ2) is 7.35. The van der Waals surface area contributed by atoms with Crippen molar-refractivity contribution in [3.05, 3.63) is 30.1 Å². The zero-order valence-corrected chi connectivity index (χ0v) is 13.0. The molecule has 0 spiro atoms. The first-order chi connectivity index (χ1) is 10.5. The molecule has 1 aliphatic heterocycles. The lowest BCUT2D eigenvalue weighted by Crippen LogP contribution is -2.53. The maximum atomic E-state index is 13.1. The number of benzene rings is 1. The average molecular weight is 307 g/mol. The van der Waals surface area contributed by atoms with Crippen LogP contribution in [0.15, 0.2) is 24.3 Å². The predicted molar refractivity (Wildman–Crippen MR) is 82.9 cm³/mol. The number of nitrogens with one attached hydrogen (secondary N) is 1. The van der Waals surface area contributed by atoms with Crippen LogP contribution in [0.4, 0.5) is 10.1 Å². The highest BCUT2D eigenvalue weighted by Gasteiger charge is 2.26. The van der Waals surface area contributed by atoms with E-state index in [1.807, 2.05) is 23.6 Å². The zero-order valence-electron chi connectivity index (χ0n) is 13.0. The number of nitrogens with zero attached hydrogens (tertiary/aromatic N) is 2. The van der Waals surface area contributed by atoms with Crippen LogP contribution in [0.3, 0.4) is 0 Å². The second-order valence-corrected chi connectivity index (χ2v) is 5.45. The summed E-state index contributed by atoms with van der Waals surface area (Å²) >= 11 is 0. The van der Waals surface area contributed by atoms with Gasteiger partial charge in [-0.1, -0.05) is 13.0 Å². The Morgan fingerprint density at radius 1 is 1.27 bits per heavy atom. The summed E-state index contributed by atoms with van der Waals surface area (Å²) in [5.41, 5.74) is 0.455. The first-order valence-corrected chi connectivity index (χ1v) is 7.59. The summed E-state index contributed by atoms with van der Waals surface area (Å²) in [6.07, 6.45) is 0.510. The van der Waals surface area contributed by atoms with E-state index in [0.717, 1.165) is 0 Å². The summed E-state index contributed by atoms with van der Waals surface area (Å²) in [5, 5.41) is 2.72. The van der Waals surface area contributed by atoms with E-state index < -0.39 is 0 Å². The molecule has 22 heavy (non-hydrogen) atoms. The van der Waals surface area contributed by atoms with Crippen LogP contribution in [0.25, 0.3) is 0 Å². The number of piperazine rings is 1. The van der Waals surface area contributed by atoms with Crippen LogP contribution in [-0.4, -0.2) is 53.8 Å². The van der Waals surface area contributed by atoms with Crippen molar-refractivity contribution >= 4 is 17.5 Å². The molecule has 1 N–H and O–H groups in total. The number of hydrogen-bond donors (Lipinski definition) is 1. The SMILES string of the molecule is CCC(=O)N1CCN(C(C)C(=O)Nc2cccc(F)c2)CC1. The topological polar surface area (TPSA) is 52.7 Å². The fourth-order valence-electron chi connectivity index (χ4n) is 2.56. The third-order valence-electron chi connectivity index (χ3n) is 3.99. The van der Waals surface area contributed by atoms with Crippen LogP contribution >= 0.6 is 0 Å². The van der Waals surface area contributed by atoms with Crippen LogP contribution in [0.1, 0.15) is 20.3 Å². The van der Waals surface area contributed by atoms with Gasteiger partial charge in [-0.05, 0) is 25.1 Å². The van der Waals surface area contributed by atoms with E-state index in [0.29, 0.717) is 38.3 Å². The summed E-state index contributed by atoms with van der Waals surface area (Å²) in [6.45, 7) is 6.30. The molecule has 0 saturated carbocycles. The van der Waals surface area contributed by atoms with Gasteiger partial charge in [0.25, 0.3) is 0 Å². The van der Waals surface area contributed by atoms with Crippen molar-refractivity contribution < 1.29 is 14.0 Å². The first kappa shape index (κ1) is 16.4. The molecule has 0 aromatic heterocycles. The number of carbonyl (C=O) groups is 2. The summed E-state index contributed by atoms with van der Waals surface area (Å²) in [4.78, 5) is 27.7. The minimum absolute atomic E-state index is 0.150. The van der Waals surface area contributed by atoms with Gasteiger partial charge in [0.15, 0.2) is 0 Å². The van der Waals surface area contributed by atoms with Crippen LogP contribution in [0.2, 0.25) is 0 Å². The first-order valence-electron chi connectivity index (χ1n) is 7.59. The van der Waals surface area contributed by atoms with Gasteiger partial charge in [-0.25, -0.2) is 4.39 Å². The molecule has 0 radical (unpaired) electrons. The number of hydrogen-bond acceptors (Lipinski definition) is 3. The van der Waals surface area contributed by atoms with Crippen molar-refractivity contribution in [2.24, 2.45) is 0 Å². The quantitative estimate of drug-likeness (QED) is 0.921. The molecular formula is C16H22FN3O2. The molecule has 1 aliphatic rings. The van der Waals surface area contributed by atoms with Crippen LogP contribution in [-0.2, 0) is 9.59 Å². The molecule has 1 fully saturated rings. The molecular weight excluding hydrogens is 285 g/mol. The summed E-state index contributed by atoms with van der Waals surface area (Å²) < 4.78 is 13.1. The molecule has 120 valence electrons. The predicted octanol–water partition coefficient (Wildman–Crippen LogP) is 1.71. The number of rotatable bonds is 4. The van der Waals surface area contributed by atoms with Crippen molar-refractivity contribution in [2.45, 2.75) is 26.3 Å². The Balaban J connectivity index is 1.88. The molecule has 1 unspecified atom stereocenters. The molecule has 5 nitrogen and oxygen atoms in total. The van der Waals surface area contributed by atoms with Gasteiger partial charge < -0.3 is 10.2 Å². The van der Waals surface area contributed by atoms with E-state index in [1.165, 1.54) is 12.1 Å². The Morgan fingerprint density at radius 2 is 1.95 bits per heavy atom. The van der Waals surface area contributed by atoms with Crippen molar-refractivity contribution in [1.82, 2.24) is 9.80 Å². The van der Waals surface area contributed by atoms with Gasteiger partial charge >= 0.3 is 0 Å². The minimum atomic E-state index is -0.378. The molecule has 2 amide bonds. The third-order valence-corrected chi connectivity index (χ3v) is 3.99. The van der Waals surface area contributed by atoms with Crippen LogP contribution in [0, 0.1) is 5.82 Å². The zero-order chi connectivity index (χ0) is 16.1. The van der Waals surface area contributed by atoms with Gasteiger partial charge in [-0.15, -0.1) is 0 Å². The van der Waals surface area contributed by atoms with Gasteiger partial charge in [0.2, 0.25) is 11.8 Å². The Labute approximate surface area is 130 Å². The van der Waals surface area contributed by atoms with Gasteiger partial charge in [-0.3, -0.25) is 14.5 Å². The van der Waals surface area contributed by atoms with Crippen molar-refractivity contribution in [2.75, 3.05) is 31.5 Å². The molecule has 0 aliphatic carbocycles. The van der Waals surface area contributed by atoms with E-state index in [2.05, 4.69) is 5.32 Å². The van der Waals surface area contributed by atoms with E-state index in [-0.39, 0.29) is 23.7 Å². The fraction of sp³-hybridized carbons (Fsp3) is 0.500. The lowest BCUT2D eigenvalue weighted by Gasteiger charge is -2.37. The van der Waals surface area contributed by atoms with Crippen LogP contribution in [0.5, 0.6) is 0 Å². The molecule has 1 atom stereocenters. The molecule has 0 bridgehead atoms. The highest BCUT2D eigenvalue weighted by atomic mass is 19.1. The summed E-state index contributed by atoms with van der Waals surface area (Å²) in [6, 6.07) is 5.53. The van der Waals surface area contributed by atoms with E-state index in [1.54, 1.807) is 12.1 Å². The van der Waals surface area contributed by atoms with Gasteiger partial charge in [0, 0.05) is 38.3 Å². The number of anilines is 1. The normalized spacial score (nSPS) is 17.1. The van der Waals surface area contributed by atoms with Gasteiger partial charge in [-0.2, -0.15) is 0 Å². The number of halogens is 1. The molecule has 1 aromatic carbocycles. The largest absolute Gasteiger partial charge is 0.340 e. The molecule has 1 heterocycles. The Kier molecular flexibility index (Phi) is 5.49. The van der Waals surface area contributed by atoms with E-state index in [9.17, 15) is 14.0 Å². The Bertz CT molecular complexity index is 542. The minimum Gasteiger partial charge on any atom is -0.340 e.